The highest BCUT2D eigenvalue weighted by molar-refractivity contribution is 5.69. The van der Waals surface area contributed by atoms with Crippen molar-refractivity contribution in [2.45, 2.75) is 19.6 Å². The monoisotopic (exact) mass is 160 g/mol. The molecule has 1 atom stereocenters. The van der Waals surface area contributed by atoms with Crippen LogP contribution in [0.1, 0.15) is 13.3 Å². The number of hydrogen-bond acceptors (Lipinski definition) is 5. The van der Waals surface area contributed by atoms with E-state index in [0.29, 0.717) is 0 Å². The lowest BCUT2D eigenvalue weighted by atomic mass is 10.5. The molecule has 0 radical (unpaired) electrons. The molecule has 0 aromatic carbocycles. The van der Waals surface area contributed by atoms with Gasteiger partial charge in [-0.25, -0.2) is 4.79 Å². The van der Waals surface area contributed by atoms with Gasteiger partial charge in [0.1, 0.15) is 0 Å². The van der Waals surface area contributed by atoms with E-state index in [1.165, 1.54) is 0 Å². The first kappa shape index (κ1) is 7.84. The summed E-state index contributed by atoms with van der Waals surface area (Å²) in [5.41, 5.74) is 0. The lowest BCUT2D eigenvalue weighted by molar-refractivity contribution is -0.162. The fraction of sp³-hybridized carbons (Fsp3) is 0.667. The second-order valence-corrected chi connectivity index (χ2v) is 1.95. The quantitative estimate of drug-likeness (QED) is 0.548. The minimum Gasteiger partial charge on any atom is -0.426 e. The predicted octanol–water partition coefficient (Wildman–Crippen LogP) is 0.432. The van der Waals surface area contributed by atoms with Crippen molar-refractivity contribution in [2.24, 2.45) is 0 Å². The van der Waals surface area contributed by atoms with Crippen LogP contribution in [0.25, 0.3) is 0 Å². The van der Waals surface area contributed by atoms with E-state index in [1.807, 2.05) is 0 Å². The highest BCUT2D eigenvalue weighted by Crippen LogP contribution is 2.07. The molecule has 0 bridgehead atoms. The van der Waals surface area contributed by atoms with Crippen LogP contribution in [0.15, 0.2) is 0 Å². The molecule has 0 aromatic rings. The highest BCUT2D eigenvalue weighted by Gasteiger charge is 2.27. The summed E-state index contributed by atoms with van der Waals surface area (Å²) in [6.45, 7) is 1.64. The van der Waals surface area contributed by atoms with Crippen LogP contribution in [-0.2, 0) is 19.0 Å². The van der Waals surface area contributed by atoms with Crippen LogP contribution in [-0.4, -0.2) is 25.0 Å². The Morgan fingerprint density at radius 1 is 1.82 bits per heavy atom. The van der Waals surface area contributed by atoms with E-state index in [9.17, 15) is 9.59 Å². The molecule has 0 saturated carbocycles. The standard InChI is InChI=1S/C6H8O5/c1-2-4(7)10-5-3-9-6(8)11-5/h5H,2-3H2,1H3. The van der Waals surface area contributed by atoms with E-state index in [0.717, 1.165) is 0 Å². The molecule has 0 aromatic heterocycles. The summed E-state index contributed by atoms with van der Waals surface area (Å²) >= 11 is 0. The van der Waals surface area contributed by atoms with Crippen LogP contribution in [0.4, 0.5) is 4.79 Å². The summed E-state index contributed by atoms with van der Waals surface area (Å²) in [7, 11) is 0. The maximum absolute atomic E-state index is 10.6. The van der Waals surface area contributed by atoms with Crippen molar-refractivity contribution in [1.29, 1.82) is 0 Å². The average molecular weight is 160 g/mol. The van der Waals surface area contributed by atoms with Crippen molar-refractivity contribution in [1.82, 2.24) is 0 Å². The van der Waals surface area contributed by atoms with Crippen molar-refractivity contribution in [3.63, 3.8) is 0 Å². The third kappa shape index (κ3) is 2.10. The molecule has 1 heterocycles. The number of carbonyl (C=O) groups excluding carboxylic acids is 2. The zero-order chi connectivity index (χ0) is 8.27. The SMILES string of the molecule is CCC(=O)OC1COC(=O)O1. The van der Waals surface area contributed by atoms with Crippen LogP contribution < -0.4 is 0 Å². The minimum absolute atomic E-state index is 0.00935. The Kier molecular flexibility index (Phi) is 2.30. The summed E-state index contributed by atoms with van der Waals surface area (Å²) < 4.78 is 13.4. The zero-order valence-electron chi connectivity index (χ0n) is 6.03. The van der Waals surface area contributed by atoms with Gasteiger partial charge in [0.2, 0.25) is 0 Å². The highest BCUT2D eigenvalue weighted by atomic mass is 16.8. The Morgan fingerprint density at radius 3 is 3.00 bits per heavy atom. The van der Waals surface area contributed by atoms with Crippen molar-refractivity contribution in [2.75, 3.05) is 6.61 Å². The van der Waals surface area contributed by atoms with E-state index in [4.69, 9.17) is 0 Å². The molecule has 1 aliphatic heterocycles. The molecule has 5 nitrogen and oxygen atoms in total. The molecule has 5 heteroatoms. The smallest absolute Gasteiger partial charge is 0.426 e. The molecule has 62 valence electrons. The number of cyclic esters (lactones) is 2. The lowest BCUT2D eigenvalue weighted by Crippen LogP contribution is -2.19. The Hall–Kier alpha value is -1.26. The molecule has 1 rings (SSSR count). The molecule has 0 N–H and O–H groups in total. The maximum atomic E-state index is 10.6. The number of carbonyl (C=O) groups is 2. The van der Waals surface area contributed by atoms with Gasteiger partial charge in [-0.2, -0.15) is 0 Å². The third-order valence-electron chi connectivity index (χ3n) is 1.12. The minimum atomic E-state index is -0.852. The van der Waals surface area contributed by atoms with Gasteiger partial charge in [0.25, 0.3) is 6.29 Å². The van der Waals surface area contributed by atoms with Crippen LogP contribution in [0.2, 0.25) is 0 Å². The first-order valence-electron chi connectivity index (χ1n) is 3.25. The van der Waals surface area contributed by atoms with Gasteiger partial charge in [0.15, 0.2) is 6.61 Å². The largest absolute Gasteiger partial charge is 0.511 e. The summed E-state index contributed by atoms with van der Waals surface area (Å²) in [4.78, 5) is 20.9. The van der Waals surface area contributed by atoms with Crippen molar-refractivity contribution >= 4 is 12.1 Å². The van der Waals surface area contributed by atoms with Gasteiger partial charge in [-0.3, -0.25) is 4.79 Å². The van der Waals surface area contributed by atoms with Gasteiger partial charge in [-0.05, 0) is 0 Å². The van der Waals surface area contributed by atoms with E-state index < -0.39 is 18.4 Å². The molecule has 1 fully saturated rings. The second kappa shape index (κ2) is 3.23. The van der Waals surface area contributed by atoms with Gasteiger partial charge in [0.05, 0.1) is 0 Å². The third-order valence-corrected chi connectivity index (χ3v) is 1.12. The van der Waals surface area contributed by atoms with E-state index in [2.05, 4.69) is 14.2 Å². The Labute approximate surface area is 63.2 Å². The molecular weight excluding hydrogens is 152 g/mol. The molecule has 1 unspecified atom stereocenters. The normalized spacial score (nSPS) is 22.3. The van der Waals surface area contributed by atoms with Crippen LogP contribution in [0, 0.1) is 0 Å². The van der Waals surface area contributed by atoms with Gasteiger partial charge in [-0.15, -0.1) is 0 Å². The summed E-state index contributed by atoms with van der Waals surface area (Å²) in [6.07, 6.45) is -1.39. The zero-order valence-corrected chi connectivity index (χ0v) is 6.03. The molecule has 0 amide bonds. The molecule has 1 saturated heterocycles. The molecule has 11 heavy (non-hydrogen) atoms. The van der Waals surface area contributed by atoms with Gasteiger partial charge >= 0.3 is 12.1 Å². The number of esters is 1. The van der Waals surface area contributed by atoms with Gasteiger partial charge < -0.3 is 14.2 Å². The first-order chi connectivity index (χ1) is 5.22. The van der Waals surface area contributed by atoms with E-state index >= 15 is 0 Å². The summed E-state index contributed by atoms with van der Waals surface area (Å²) in [5, 5.41) is 0. The molecule has 0 aliphatic carbocycles. The van der Waals surface area contributed by atoms with Crippen molar-refractivity contribution < 1.29 is 23.8 Å². The Bertz CT molecular complexity index is 176. The fourth-order valence-electron chi connectivity index (χ4n) is 0.599. The maximum Gasteiger partial charge on any atom is 0.511 e. The first-order valence-corrected chi connectivity index (χ1v) is 3.25. The fourth-order valence-corrected chi connectivity index (χ4v) is 0.599. The van der Waals surface area contributed by atoms with E-state index in [-0.39, 0.29) is 13.0 Å². The molecule has 1 aliphatic rings. The Balaban J connectivity index is 2.28. The predicted molar refractivity (Wildman–Crippen MR) is 32.6 cm³/mol. The van der Waals surface area contributed by atoms with Crippen LogP contribution in [0.5, 0.6) is 0 Å². The summed E-state index contributed by atoms with van der Waals surface area (Å²) in [6, 6.07) is 0. The lowest BCUT2D eigenvalue weighted by Gasteiger charge is -2.05. The second-order valence-electron chi connectivity index (χ2n) is 1.95. The summed E-state index contributed by atoms with van der Waals surface area (Å²) in [5.74, 6) is -0.409. The molecular formula is C6H8O5. The molecule has 0 spiro atoms. The van der Waals surface area contributed by atoms with Gasteiger partial charge in [0, 0.05) is 6.42 Å². The average Bonchev–Trinajstić information content (AvgIpc) is 2.35. The van der Waals surface area contributed by atoms with Crippen LogP contribution in [0.3, 0.4) is 0 Å². The Morgan fingerprint density at radius 2 is 2.55 bits per heavy atom. The number of hydrogen-bond donors (Lipinski definition) is 0. The van der Waals surface area contributed by atoms with Crippen LogP contribution >= 0.6 is 0 Å². The van der Waals surface area contributed by atoms with Crippen molar-refractivity contribution in [3.05, 3.63) is 0 Å². The number of ether oxygens (including phenoxy) is 3. The van der Waals surface area contributed by atoms with E-state index in [1.54, 1.807) is 6.92 Å². The van der Waals surface area contributed by atoms with Crippen molar-refractivity contribution in [3.8, 4) is 0 Å². The number of rotatable bonds is 2. The topological polar surface area (TPSA) is 61.8 Å². The van der Waals surface area contributed by atoms with Gasteiger partial charge in [-0.1, -0.05) is 6.92 Å².